The molecule has 2 heterocycles. The van der Waals surface area contributed by atoms with Crippen molar-refractivity contribution in [3.05, 3.63) is 58.8 Å². The quantitative estimate of drug-likeness (QED) is 0.659. The van der Waals surface area contributed by atoms with Gasteiger partial charge in [-0.1, -0.05) is 30.3 Å². The Kier molecular flexibility index (Phi) is 2.48. The van der Waals surface area contributed by atoms with E-state index in [1.165, 1.54) is 5.56 Å². The van der Waals surface area contributed by atoms with Gasteiger partial charge in [-0.15, -0.1) is 0 Å². The molecule has 0 unspecified atom stereocenters. The molecular formula is C14H11BrN2. The third-order valence-electron chi connectivity index (χ3n) is 2.77. The lowest BCUT2D eigenvalue weighted by molar-refractivity contribution is 1.14. The Morgan fingerprint density at radius 3 is 2.65 bits per heavy atom. The minimum atomic E-state index is 0.968. The van der Waals surface area contributed by atoms with E-state index in [4.69, 9.17) is 0 Å². The first-order valence-corrected chi connectivity index (χ1v) is 6.24. The molecule has 17 heavy (non-hydrogen) atoms. The molecule has 0 saturated heterocycles. The summed E-state index contributed by atoms with van der Waals surface area (Å²) in [5, 5.41) is 0. The Labute approximate surface area is 108 Å². The molecule has 3 heteroatoms. The number of fused-ring (bicyclic) bond motifs is 1. The maximum atomic E-state index is 4.66. The highest BCUT2D eigenvalue weighted by atomic mass is 79.9. The largest absolute Gasteiger partial charge is 0.294 e. The molecule has 0 aliphatic carbocycles. The van der Waals surface area contributed by atoms with E-state index < -0.39 is 0 Å². The number of aryl methyl sites for hydroxylation is 1. The van der Waals surface area contributed by atoms with Gasteiger partial charge in [-0.2, -0.15) is 0 Å². The number of hydrogen-bond donors (Lipinski definition) is 0. The molecule has 2 aromatic heterocycles. The van der Waals surface area contributed by atoms with Gasteiger partial charge in [0.25, 0.3) is 0 Å². The molecule has 0 amide bonds. The average Bonchev–Trinajstić information content (AvgIpc) is 2.67. The predicted octanol–water partition coefficient (Wildman–Crippen LogP) is 4.07. The molecule has 0 spiro atoms. The van der Waals surface area contributed by atoms with E-state index in [2.05, 4.69) is 56.5 Å². The third-order valence-corrected chi connectivity index (χ3v) is 3.53. The molecule has 3 aromatic rings. The van der Waals surface area contributed by atoms with Crippen LogP contribution in [0.15, 0.2) is 53.3 Å². The summed E-state index contributed by atoms with van der Waals surface area (Å²) in [5.41, 5.74) is 4.29. The zero-order valence-electron chi connectivity index (χ0n) is 9.39. The fourth-order valence-corrected chi connectivity index (χ4v) is 2.51. The van der Waals surface area contributed by atoms with Crippen LogP contribution in [0.5, 0.6) is 0 Å². The Bertz CT molecular complexity index is 671. The van der Waals surface area contributed by atoms with E-state index in [1.54, 1.807) is 0 Å². The van der Waals surface area contributed by atoms with Crippen molar-refractivity contribution in [2.75, 3.05) is 0 Å². The van der Waals surface area contributed by atoms with Gasteiger partial charge in [0, 0.05) is 11.8 Å². The molecule has 2 nitrogen and oxygen atoms in total. The molecule has 0 radical (unpaired) electrons. The van der Waals surface area contributed by atoms with E-state index >= 15 is 0 Å². The number of nitrogens with zero attached hydrogens (tertiary/aromatic N) is 2. The number of benzene rings is 1. The van der Waals surface area contributed by atoms with Gasteiger partial charge in [0.15, 0.2) is 0 Å². The van der Waals surface area contributed by atoms with E-state index in [0.29, 0.717) is 0 Å². The highest BCUT2D eigenvalue weighted by Crippen LogP contribution is 2.28. The standard InChI is InChI=1S/C14H11BrN2/c1-10-7-8-17-12(9-10)16-13(14(17)15)11-5-3-2-4-6-11/h2-9H,1H3. The molecule has 0 aliphatic heterocycles. The lowest BCUT2D eigenvalue weighted by Crippen LogP contribution is -1.84. The SMILES string of the molecule is Cc1ccn2c(Br)c(-c3ccccc3)nc2c1. The van der Waals surface area contributed by atoms with Gasteiger partial charge in [-0.05, 0) is 40.5 Å². The minimum absolute atomic E-state index is 0.968. The van der Waals surface area contributed by atoms with E-state index in [9.17, 15) is 0 Å². The van der Waals surface area contributed by atoms with Crippen molar-refractivity contribution in [3.63, 3.8) is 0 Å². The first-order chi connectivity index (χ1) is 8.25. The van der Waals surface area contributed by atoms with Gasteiger partial charge in [-0.3, -0.25) is 4.40 Å². The van der Waals surface area contributed by atoms with Crippen LogP contribution in [-0.2, 0) is 0 Å². The van der Waals surface area contributed by atoms with Gasteiger partial charge in [0.05, 0.1) is 0 Å². The molecule has 84 valence electrons. The predicted molar refractivity (Wildman–Crippen MR) is 73.1 cm³/mol. The molecule has 0 bridgehead atoms. The van der Waals surface area contributed by atoms with Crippen LogP contribution in [-0.4, -0.2) is 9.38 Å². The zero-order valence-corrected chi connectivity index (χ0v) is 11.0. The number of hydrogen-bond acceptors (Lipinski definition) is 1. The van der Waals surface area contributed by atoms with Crippen molar-refractivity contribution in [3.8, 4) is 11.3 Å². The van der Waals surface area contributed by atoms with E-state index in [-0.39, 0.29) is 0 Å². The van der Waals surface area contributed by atoms with Crippen LogP contribution in [0.3, 0.4) is 0 Å². The second kappa shape index (κ2) is 4.00. The van der Waals surface area contributed by atoms with Crippen LogP contribution in [0.1, 0.15) is 5.56 Å². The maximum absolute atomic E-state index is 4.66. The van der Waals surface area contributed by atoms with Crippen molar-refractivity contribution in [1.29, 1.82) is 0 Å². The van der Waals surface area contributed by atoms with Crippen LogP contribution >= 0.6 is 15.9 Å². The molecule has 0 N–H and O–H groups in total. The average molecular weight is 287 g/mol. The Hall–Kier alpha value is -1.61. The van der Waals surface area contributed by atoms with Gasteiger partial charge in [-0.25, -0.2) is 4.98 Å². The Morgan fingerprint density at radius 1 is 1.12 bits per heavy atom. The topological polar surface area (TPSA) is 17.3 Å². The first kappa shape index (κ1) is 10.5. The molecule has 1 aromatic carbocycles. The number of pyridine rings is 1. The summed E-state index contributed by atoms with van der Waals surface area (Å²) >= 11 is 3.61. The van der Waals surface area contributed by atoms with Crippen molar-refractivity contribution >= 4 is 21.6 Å². The number of halogens is 1. The second-order valence-electron chi connectivity index (χ2n) is 4.05. The third kappa shape index (κ3) is 1.76. The summed E-state index contributed by atoms with van der Waals surface area (Å²) < 4.78 is 3.05. The molecule has 0 atom stereocenters. The monoisotopic (exact) mass is 286 g/mol. The van der Waals surface area contributed by atoms with Crippen molar-refractivity contribution in [2.24, 2.45) is 0 Å². The number of imidazole rings is 1. The van der Waals surface area contributed by atoms with Crippen molar-refractivity contribution in [2.45, 2.75) is 6.92 Å². The van der Waals surface area contributed by atoms with E-state index in [1.807, 2.05) is 24.4 Å². The lowest BCUT2D eigenvalue weighted by Gasteiger charge is -1.97. The molecule has 3 rings (SSSR count). The fraction of sp³-hybridized carbons (Fsp3) is 0.0714. The molecule has 0 fully saturated rings. The smallest absolute Gasteiger partial charge is 0.138 e. The first-order valence-electron chi connectivity index (χ1n) is 5.45. The Balaban J connectivity index is 2.28. The fourth-order valence-electron chi connectivity index (χ4n) is 1.90. The minimum Gasteiger partial charge on any atom is -0.294 e. The van der Waals surface area contributed by atoms with Gasteiger partial charge in [0.1, 0.15) is 15.9 Å². The van der Waals surface area contributed by atoms with Gasteiger partial charge in [0.2, 0.25) is 0 Å². The van der Waals surface area contributed by atoms with Crippen LogP contribution in [0.2, 0.25) is 0 Å². The second-order valence-corrected chi connectivity index (χ2v) is 4.80. The summed E-state index contributed by atoms with van der Waals surface area (Å²) in [6, 6.07) is 14.4. The summed E-state index contributed by atoms with van der Waals surface area (Å²) in [7, 11) is 0. The summed E-state index contributed by atoms with van der Waals surface area (Å²) in [4.78, 5) is 4.66. The maximum Gasteiger partial charge on any atom is 0.138 e. The van der Waals surface area contributed by atoms with Crippen LogP contribution < -0.4 is 0 Å². The lowest BCUT2D eigenvalue weighted by atomic mass is 10.2. The summed E-state index contributed by atoms with van der Waals surface area (Å²) in [6.45, 7) is 2.07. The highest BCUT2D eigenvalue weighted by molar-refractivity contribution is 9.10. The van der Waals surface area contributed by atoms with Crippen LogP contribution in [0.25, 0.3) is 16.9 Å². The Morgan fingerprint density at radius 2 is 1.88 bits per heavy atom. The molecular weight excluding hydrogens is 276 g/mol. The van der Waals surface area contributed by atoms with Gasteiger partial charge < -0.3 is 0 Å². The van der Waals surface area contributed by atoms with Crippen molar-refractivity contribution in [1.82, 2.24) is 9.38 Å². The number of rotatable bonds is 1. The van der Waals surface area contributed by atoms with E-state index in [0.717, 1.165) is 21.5 Å². The normalized spacial score (nSPS) is 10.9. The summed E-state index contributed by atoms with van der Waals surface area (Å²) in [5.74, 6) is 0. The molecule has 0 saturated carbocycles. The summed E-state index contributed by atoms with van der Waals surface area (Å²) in [6.07, 6.45) is 2.04. The van der Waals surface area contributed by atoms with Gasteiger partial charge >= 0.3 is 0 Å². The molecule has 0 aliphatic rings. The van der Waals surface area contributed by atoms with Crippen molar-refractivity contribution < 1.29 is 0 Å². The highest BCUT2D eigenvalue weighted by Gasteiger charge is 2.10. The zero-order chi connectivity index (χ0) is 11.8. The number of aromatic nitrogens is 2. The van der Waals surface area contributed by atoms with Crippen LogP contribution in [0, 0.1) is 6.92 Å². The van der Waals surface area contributed by atoms with Crippen LogP contribution in [0.4, 0.5) is 0 Å².